The number of nitrogens with two attached hydrogens (primary N) is 1. The zero-order valence-electron chi connectivity index (χ0n) is 14.0. The lowest BCUT2D eigenvalue weighted by molar-refractivity contribution is -0.116. The lowest BCUT2D eigenvalue weighted by Crippen LogP contribution is -2.18. The monoisotopic (exact) mass is 351 g/mol. The molecule has 1 aliphatic rings. The minimum atomic E-state index is 0.0452. The Hall–Kier alpha value is -3.69. The van der Waals surface area contributed by atoms with Crippen molar-refractivity contribution in [2.24, 2.45) is 0 Å². The van der Waals surface area contributed by atoms with Gasteiger partial charge in [0.2, 0.25) is 23.8 Å². The summed E-state index contributed by atoms with van der Waals surface area (Å²) in [6, 6.07) is 5.74. The van der Waals surface area contributed by atoms with Crippen LogP contribution in [-0.4, -0.2) is 31.1 Å². The van der Waals surface area contributed by atoms with Gasteiger partial charge in [-0.05, 0) is 37.1 Å². The Labute approximate surface area is 148 Å². The van der Waals surface area contributed by atoms with Gasteiger partial charge in [-0.25, -0.2) is 10.1 Å². The molecule has 0 saturated carbocycles. The Kier molecular flexibility index (Phi) is 3.84. The Morgan fingerprint density at radius 1 is 1.19 bits per heavy atom. The number of amides is 1. The molecule has 3 aromatic rings. The predicted molar refractivity (Wildman–Crippen MR) is 97.5 cm³/mol. The van der Waals surface area contributed by atoms with Crippen molar-refractivity contribution in [3.8, 4) is 0 Å². The first-order valence-electron chi connectivity index (χ1n) is 8.05. The number of anilines is 6. The normalized spacial score (nSPS) is 13.0. The fourth-order valence-electron chi connectivity index (χ4n) is 2.66. The summed E-state index contributed by atoms with van der Waals surface area (Å²) < 4.78 is 0. The molecule has 0 spiro atoms. The minimum Gasteiger partial charge on any atom is -0.366 e. The molecular formula is C16H17N9O. The van der Waals surface area contributed by atoms with E-state index >= 15 is 0 Å². The zero-order chi connectivity index (χ0) is 18.1. The van der Waals surface area contributed by atoms with Crippen LogP contribution in [0.3, 0.4) is 0 Å². The maximum atomic E-state index is 11.4. The fourth-order valence-corrected chi connectivity index (χ4v) is 2.66. The van der Waals surface area contributed by atoms with Gasteiger partial charge in [0, 0.05) is 29.6 Å². The Morgan fingerprint density at radius 3 is 2.88 bits per heavy atom. The van der Waals surface area contributed by atoms with Crippen LogP contribution >= 0.6 is 0 Å². The van der Waals surface area contributed by atoms with E-state index in [9.17, 15) is 4.79 Å². The van der Waals surface area contributed by atoms with Crippen molar-refractivity contribution in [3.63, 3.8) is 0 Å². The number of rotatable bonds is 4. The van der Waals surface area contributed by atoms with Crippen LogP contribution in [0.1, 0.15) is 17.5 Å². The van der Waals surface area contributed by atoms with Gasteiger partial charge in [-0.3, -0.25) is 4.79 Å². The van der Waals surface area contributed by atoms with Crippen molar-refractivity contribution in [1.82, 2.24) is 25.1 Å². The van der Waals surface area contributed by atoms with Crippen molar-refractivity contribution in [2.75, 3.05) is 21.7 Å². The van der Waals surface area contributed by atoms with Gasteiger partial charge >= 0.3 is 0 Å². The molecule has 0 radical (unpaired) electrons. The highest BCUT2D eigenvalue weighted by Crippen LogP contribution is 2.27. The molecule has 6 N–H and O–H groups in total. The zero-order valence-corrected chi connectivity index (χ0v) is 14.0. The number of fused-ring (bicyclic) bond motifs is 1. The van der Waals surface area contributed by atoms with Crippen LogP contribution < -0.4 is 21.7 Å². The molecule has 1 aromatic carbocycles. The van der Waals surface area contributed by atoms with E-state index in [4.69, 9.17) is 5.73 Å². The number of aromatic nitrogens is 5. The molecular weight excluding hydrogens is 334 g/mol. The number of hydrogen-bond donors (Lipinski definition) is 5. The number of nitrogens with one attached hydrogen (secondary N) is 4. The standard InChI is InChI=1S/C16H17N9O/c1-8-7-18-15(21-13(8)22-16-23-14(17)24-25-16)19-10-3-4-11-9(6-10)2-5-12(26)20-11/h3-4,6-7H,2,5H2,1H3,(H,20,26)(H5,17,18,19,21,22,23,24,25). The molecule has 1 amide bonds. The highest BCUT2D eigenvalue weighted by atomic mass is 16.1. The van der Waals surface area contributed by atoms with Crippen molar-refractivity contribution in [3.05, 3.63) is 35.5 Å². The number of nitrogens with zero attached hydrogens (tertiary/aromatic N) is 4. The van der Waals surface area contributed by atoms with Crippen LogP contribution in [0.15, 0.2) is 24.4 Å². The summed E-state index contributed by atoms with van der Waals surface area (Å²) in [6.45, 7) is 1.88. The smallest absolute Gasteiger partial charge is 0.241 e. The molecule has 4 rings (SSSR count). The summed E-state index contributed by atoms with van der Waals surface area (Å²) in [5, 5.41) is 15.5. The second kappa shape index (κ2) is 6.31. The number of carbonyl (C=O) groups excluding carboxylic acids is 1. The van der Waals surface area contributed by atoms with Crippen LogP contribution in [0.2, 0.25) is 0 Å². The summed E-state index contributed by atoms with van der Waals surface area (Å²) >= 11 is 0. The molecule has 3 heterocycles. The van der Waals surface area contributed by atoms with Gasteiger partial charge < -0.3 is 21.7 Å². The van der Waals surface area contributed by atoms with Gasteiger partial charge in [0.1, 0.15) is 5.82 Å². The van der Waals surface area contributed by atoms with E-state index in [1.807, 2.05) is 25.1 Å². The van der Waals surface area contributed by atoms with Crippen LogP contribution in [0.25, 0.3) is 0 Å². The highest BCUT2D eigenvalue weighted by Gasteiger charge is 2.15. The lowest BCUT2D eigenvalue weighted by Gasteiger charge is -2.18. The van der Waals surface area contributed by atoms with Gasteiger partial charge in [-0.15, -0.1) is 5.10 Å². The van der Waals surface area contributed by atoms with Crippen molar-refractivity contribution >= 4 is 40.9 Å². The van der Waals surface area contributed by atoms with Crippen LogP contribution in [0.4, 0.5) is 35.0 Å². The molecule has 10 heteroatoms. The summed E-state index contributed by atoms with van der Waals surface area (Å²) in [6.07, 6.45) is 2.91. The average molecular weight is 351 g/mol. The van der Waals surface area contributed by atoms with Gasteiger partial charge in [0.05, 0.1) is 0 Å². The van der Waals surface area contributed by atoms with Crippen molar-refractivity contribution in [1.29, 1.82) is 0 Å². The van der Waals surface area contributed by atoms with Gasteiger partial charge in [0.25, 0.3) is 0 Å². The van der Waals surface area contributed by atoms with Crippen molar-refractivity contribution < 1.29 is 4.79 Å². The average Bonchev–Trinajstić information content (AvgIpc) is 3.03. The minimum absolute atomic E-state index is 0.0452. The maximum absolute atomic E-state index is 11.4. The second-order valence-electron chi connectivity index (χ2n) is 5.94. The summed E-state index contributed by atoms with van der Waals surface area (Å²) in [4.78, 5) is 24.2. The first-order chi connectivity index (χ1) is 12.6. The quantitative estimate of drug-likeness (QED) is 0.478. The molecule has 0 fully saturated rings. The van der Waals surface area contributed by atoms with E-state index in [-0.39, 0.29) is 11.9 Å². The number of aromatic amines is 1. The van der Waals surface area contributed by atoms with E-state index in [1.54, 1.807) is 6.20 Å². The molecule has 0 saturated heterocycles. The van der Waals surface area contributed by atoms with Crippen LogP contribution in [0.5, 0.6) is 0 Å². The highest BCUT2D eigenvalue weighted by molar-refractivity contribution is 5.94. The van der Waals surface area contributed by atoms with E-state index in [2.05, 4.69) is 41.1 Å². The summed E-state index contributed by atoms with van der Waals surface area (Å²) in [5.41, 5.74) is 9.12. The van der Waals surface area contributed by atoms with Crippen LogP contribution in [0, 0.1) is 6.92 Å². The molecule has 132 valence electrons. The summed E-state index contributed by atoms with van der Waals surface area (Å²) in [7, 11) is 0. The second-order valence-corrected chi connectivity index (χ2v) is 5.94. The summed E-state index contributed by atoms with van der Waals surface area (Å²) in [5.74, 6) is 1.62. The number of H-pyrrole nitrogens is 1. The molecule has 26 heavy (non-hydrogen) atoms. The first kappa shape index (κ1) is 15.8. The van der Waals surface area contributed by atoms with E-state index in [1.165, 1.54) is 0 Å². The molecule has 0 atom stereocenters. The van der Waals surface area contributed by atoms with Crippen LogP contribution in [-0.2, 0) is 11.2 Å². The number of aryl methyl sites for hydroxylation is 2. The number of carbonyl (C=O) groups is 1. The maximum Gasteiger partial charge on any atom is 0.241 e. The molecule has 1 aliphatic heterocycles. The Balaban J connectivity index is 1.55. The Bertz CT molecular complexity index is 982. The third-order valence-electron chi connectivity index (χ3n) is 3.97. The van der Waals surface area contributed by atoms with E-state index < -0.39 is 0 Å². The fraction of sp³-hybridized carbons (Fsp3) is 0.188. The third kappa shape index (κ3) is 3.24. The molecule has 0 bridgehead atoms. The van der Waals surface area contributed by atoms with Gasteiger partial charge in [-0.2, -0.15) is 9.97 Å². The molecule has 0 aliphatic carbocycles. The largest absolute Gasteiger partial charge is 0.366 e. The Morgan fingerprint density at radius 2 is 2.08 bits per heavy atom. The lowest BCUT2D eigenvalue weighted by atomic mass is 10.0. The van der Waals surface area contributed by atoms with E-state index in [0.717, 1.165) is 22.5 Å². The predicted octanol–water partition coefficient (Wildman–Crippen LogP) is 1.86. The number of hydrogen-bond acceptors (Lipinski definition) is 8. The topological polar surface area (TPSA) is 147 Å². The van der Waals surface area contributed by atoms with Crippen molar-refractivity contribution in [2.45, 2.75) is 19.8 Å². The SMILES string of the molecule is Cc1cnc(Nc2ccc3c(c2)CCC(=O)N3)nc1Nc1nc(N)n[nH]1. The molecule has 10 nitrogen and oxygen atoms in total. The van der Waals surface area contributed by atoms with E-state index in [0.29, 0.717) is 30.6 Å². The third-order valence-corrected chi connectivity index (χ3v) is 3.97. The molecule has 2 aromatic heterocycles. The number of benzene rings is 1. The first-order valence-corrected chi connectivity index (χ1v) is 8.05. The molecule has 0 unspecified atom stereocenters. The van der Waals surface area contributed by atoms with Gasteiger partial charge in [-0.1, -0.05) is 0 Å². The van der Waals surface area contributed by atoms with Gasteiger partial charge in [0.15, 0.2) is 0 Å². The number of nitrogen functional groups attached to an aromatic ring is 1.